The molecular formula is C30H32Cl2N4O3S. The molecule has 0 aromatic heterocycles. The molecule has 1 fully saturated rings. The molecule has 3 aromatic carbocycles. The van der Waals surface area contributed by atoms with E-state index in [0.29, 0.717) is 44.9 Å². The third-order valence-electron chi connectivity index (χ3n) is 6.20. The van der Waals surface area contributed by atoms with Crippen molar-refractivity contribution in [2.75, 3.05) is 10.0 Å². The lowest BCUT2D eigenvalue weighted by Crippen LogP contribution is -2.34. The normalized spacial score (nSPS) is 14.1. The zero-order chi connectivity index (χ0) is 29.1. The van der Waals surface area contributed by atoms with Crippen molar-refractivity contribution in [3.8, 4) is 11.8 Å². The molecule has 0 aliphatic heterocycles. The van der Waals surface area contributed by atoms with Crippen LogP contribution in [0.4, 0.5) is 16.2 Å². The summed E-state index contributed by atoms with van der Waals surface area (Å²) in [5, 5.41) is 6.24. The Labute approximate surface area is 245 Å². The molecule has 1 aliphatic rings. The zero-order valence-electron chi connectivity index (χ0n) is 22.5. The Bertz CT molecular complexity index is 1550. The van der Waals surface area contributed by atoms with Gasteiger partial charge in [0, 0.05) is 28.4 Å². The third kappa shape index (κ3) is 8.15. The van der Waals surface area contributed by atoms with Crippen LogP contribution in [0.1, 0.15) is 56.3 Å². The van der Waals surface area contributed by atoms with Gasteiger partial charge in [0.15, 0.2) is 0 Å². The Morgan fingerprint density at radius 1 is 1.00 bits per heavy atom. The molecule has 2 amide bonds. The Morgan fingerprint density at radius 2 is 1.62 bits per heavy atom. The fraction of sp³-hybridized carbons (Fsp3) is 0.300. The predicted molar refractivity (Wildman–Crippen MR) is 162 cm³/mol. The number of halogens is 2. The SMILES string of the molecule is CC(NC(=O)Nc1ccc(S(=O)(=O)Nc2ccc(CC(C)(C)N)cc2)cc1)c1ccc(C#CC2CC2)c(Cl)c1Cl. The number of rotatable bonds is 8. The van der Waals surface area contributed by atoms with E-state index in [0.717, 1.165) is 18.4 Å². The van der Waals surface area contributed by atoms with Crippen LogP contribution in [0.25, 0.3) is 0 Å². The maximum absolute atomic E-state index is 12.8. The lowest BCUT2D eigenvalue weighted by Gasteiger charge is -2.18. The highest BCUT2D eigenvalue weighted by molar-refractivity contribution is 7.92. The van der Waals surface area contributed by atoms with E-state index in [1.807, 2.05) is 26.0 Å². The van der Waals surface area contributed by atoms with Crippen molar-refractivity contribution in [1.29, 1.82) is 0 Å². The minimum absolute atomic E-state index is 0.0605. The number of hydrogen-bond acceptors (Lipinski definition) is 4. The lowest BCUT2D eigenvalue weighted by atomic mass is 9.96. The van der Waals surface area contributed by atoms with Crippen LogP contribution in [-0.4, -0.2) is 20.0 Å². The summed E-state index contributed by atoms with van der Waals surface area (Å²) < 4.78 is 28.3. The van der Waals surface area contributed by atoms with Crippen LogP contribution < -0.4 is 21.1 Å². The van der Waals surface area contributed by atoms with E-state index in [1.165, 1.54) is 24.3 Å². The van der Waals surface area contributed by atoms with Crippen molar-refractivity contribution in [2.24, 2.45) is 11.7 Å². The van der Waals surface area contributed by atoms with Gasteiger partial charge in [0.05, 0.1) is 21.0 Å². The Hall–Kier alpha value is -3.22. The molecule has 7 nitrogen and oxygen atoms in total. The summed E-state index contributed by atoms with van der Waals surface area (Å²) in [6.07, 6.45) is 2.90. The van der Waals surface area contributed by atoms with Crippen molar-refractivity contribution < 1.29 is 13.2 Å². The van der Waals surface area contributed by atoms with Crippen LogP contribution in [0.15, 0.2) is 65.6 Å². The van der Waals surface area contributed by atoms with Crippen LogP contribution in [0, 0.1) is 17.8 Å². The Balaban J connectivity index is 1.35. The van der Waals surface area contributed by atoms with Gasteiger partial charge in [0.2, 0.25) is 0 Å². The lowest BCUT2D eigenvalue weighted by molar-refractivity contribution is 0.249. The van der Waals surface area contributed by atoms with Gasteiger partial charge in [0.25, 0.3) is 10.0 Å². The highest BCUT2D eigenvalue weighted by Gasteiger charge is 2.20. The van der Waals surface area contributed by atoms with Crippen molar-refractivity contribution in [3.05, 3.63) is 87.4 Å². The second-order valence-electron chi connectivity index (χ2n) is 10.7. The number of urea groups is 1. The summed E-state index contributed by atoms with van der Waals surface area (Å²) in [6, 6.07) is 15.7. The Morgan fingerprint density at radius 3 is 2.23 bits per heavy atom. The molecule has 0 spiro atoms. The molecule has 4 rings (SSSR count). The van der Waals surface area contributed by atoms with Crippen LogP contribution in [-0.2, 0) is 16.4 Å². The third-order valence-corrected chi connectivity index (χ3v) is 8.50. The van der Waals surface area contributed by atoms with Crippen LogP contribution in [0.5, 0.6) is 0 Å². The molecule has 1 unspecified atom stereocenters. The smallest absolute Gasteiger partial charge is 0.319 e. The van der Waals surface area contributed by atoms with Gasteiger partial charge in [-0.05, 0) is 93.6 Å². The first-order valence-electron chi connectivity index (χ1n) is 12.9. The average Bonchev–Trinajstić information content (AvgIpc) is 3.70. The molecule has 210 valence electrons. The summed E-state index contributed by atoms with van der Waals surface area (Å²) >= 11 is 12.9. The van der Waals surface area contributed by atoms with Crippen LogP contribution >= 0.6 is 23.2 Å². The second-order valence-corrected chi connectivity index (χ2v) is 13.1. The van der Waals surface area contributed by atoms with Crippen LogP contribution in [0.2, 0.25) is 10.0 Å². The molecule has 1 atom stereocenters. The maximum Gasteiger partial charge on any atom is 0.319 e. The standard InChI is InChI=1S/C30H32Cl2N4O3S/c1-19(26-17-10-22(27(31)28(26)32)9-6-20-4-5-20)34-29(37)35-23-13-15-25(16-14-23)40(38,39)36-24-11-7-21(8-12-24)18-30(2,3)33/h7-8,10-17,19-20,36H,4-5,18,33H2,1-3H3,(H2,34,35,37). The van der Waals surface area contributed by atoms with Gasteiger partial charge in [-0.25, -0.2) is 13.2 Å². The van der Waals surface area contributed by atoms with E-state index in [4.69, 9.17) is 28.9 Å². The number of amides is 2. The number of nitrogens with one attached hydrogen (secondary N) is 3. The topological polar surface area (TPSA) is 113 Å². The van der Waals surface area contributed by atoms with Gasteiger partial charge < -0.3 is 16.4 Å². The first-order valence-corrected chi connectivity index (χ1v) is 15.1. The molecule has 0 heterocycles. The summed E-state index contributed by atoms with van der Waals surface area (Å²) in [5.41, 5.74) is 8.89. The summed E-state index contributed by atoms with van der Waals surface area (Å²) in [5.74, 6) is 6.68. The van der Waals surface area contributed by atoms with Crippen molar-refractivity contribution >= 4 is 50.6 Å². The first-order chi connectivity index (χ1) is 18.8. The molecule has 0 bridgehead atoms. The molecule has 0 radical (unpaired) electrons. The quantitative estimate of drug-likeness (QED) is 0.215. The number of benzene rings is 3. The number of sulfonamides is 1. The van der Waals surface area contributed by atoms with Crippen molar-refractivity contribution in [1.82, 2.24) is 5.32 Å². The number of carbonyl (C=O) groups excluding carboxylic acids is 1. The largest absolute Gasteiger partial charge is 0.331 e. The van der Waals surface area contributed by atoms with E-state index in [1.54, 1.807) is 31.2 Å². The minimum Gasteiger partial charge on any atom is -0.331 e. The van der Waals surface area contributed by atoms with E-state index < -0.39 is 22.1 Å². The van der Waals surface area contributed by atoms with Gasteiger partial charge >= 0.3 is 6.03 Å². The summed E-state index contributed by atoms with van der Waals surface area (Å²) in [7, 11) is -3.82. The molecule has 0 saturated heterocycles. The number of carbonyl (C=O) groups is 1. The van der Waals surface area contributed by atoms with Crippen molar-refractivity contribution in [3.63, 3.8) is 0 Å². The van der Waals surface area contributed by atoms with Crippen LogP contribution in [0.3, 0.4) is 0 Å². The monoisotopic (exact) mass is 598 g/mol. The predicted octanol–water partition coefficient (Wildman–Crippen LogP) is 6.72. The first kappa shape index (κ1) is 29.8. The van der Waals surface area contributed by atoms with E-state index in [-0.39, 0.29) is 10.4 Å². The molecule has 1 aliphatic carbocycles. The fourth-order valence-electron chi connectivity index (χ4n) is 3.99. The minimum atomic E-state index is -3.82. The van der Waals surface area contributed by atoms with E-state index in [2.05, 4.69) is 27.2 Å². The van der Waals surface area contributed by atoms with E-state index >= 15 is 0 Å². The molecule has 3 aromatic rings. The highest BCUT2D eigenvalue weighted by Crippen LogP contribution is 2.33. The molecule has 40 heavy (non-hydrogen) atoms. The van der Waals surface area contributed by atoms with Crippen molar-refractivity contribution in [2.45, 2.75) is 56.5 Å². The molecular weight excluding hydrogens is 567 g/mol. The number of nitrogens with two attached hydrogens (primary N) is 1. The van der Waals surface area contributed by atoms with Gasteiger partial charge in [-0.2, -0.15) is 0 Å². The average molecular weight is 600 g/mol. The number of anilines is 2. The van der Waals surface area contributed by atoms with Gasteiger partial charge in [-0.15, -0.1) is 0 Å². The number of hydrogen-bond donors (Lipinski definition) is 4. The highest BCUT2D eigenvalue weighted by atomic mass is 35.5. The fourth-order valence-corrected chi connectivity index (χ4v) is 5.60. The molecule has 5 N–H and O–H groups in total. The Kier molecular flexibility index (Phi) is 9.01. The van der Waals surface area contributed by atoms with Gasteiger partial charge in [0.1, 0.15) is 0 Å². The van der Waals surface area contributed by atoms with Gasteiger partial charge in [-0.3, -0.25) is 4.72 Å². The zero-order valence-corrected chi connectivity index (χ0v) is 24.8. The molecule has 1 saturated carbocycles. The van der Waals surface area contributed by atoms with Gasteiger partial charge in [-0.1, -0.05) is 53.2 Å². The summed E-state index contributed by atoms with van der Waals surface area (Å²) in [4.78, 5) is 12.7. The second kappa shape index (κ2) is 12.1. The molecule has 10 heteroatoms. The maximum atomic E-state index is 12.8. The summed E-state index contributed by atoms with van der Waals surface area (Å²) in [6.45, 7) is 5.66. The van der Waals surface area contributed by atoms with E-state index in [9.17, 15) is 13.2 Å².